The van der Waals surface area contributed by atoms with Gasteiger partial charge in [-0.05, 0) is 49.3 Å². The summed E-state index contributed by atoms with van der Waals surface area (Å²) in [4.78, 5) is 48.6. The third kappa shape index (κ3) is 6.55. The molecule has 2 fully saturated rings. The number of hydrogen-bond donors (Lipinski definition) is 3. The van der Waals surface area contributed by atoms with Crippen molar-refractivity contribution in [3.8, 4) is 5.75 Å². The molecule has 1 aliphatic heterocycles. The smallest absolute Gasteiger partial charge is 0.315 e. The van der Waals surface area contributed by atoms with Crippen molar-refractivity contribution < 1.29 is 19.1 Å². The van der Waals surface area contributed by atoms with Crippen molar-refractivity contribution in [3.05, 3.63) is 48.0 Å². The summed E-state index contributed by atoms with van der Waals surface area (Å²) in [5.74, 6) is 1.39. The molecule has 0 bridgehead atoms. The van der Waals surface area contributed by atoms with E-state index < -0.39 is 12.1 Å². The molecule has 1 atom stereocenters. The van der Waals surface area contributed by atoms with Crippen LogP contribution in [-0.2, 0) is 22.6 Å². The number of rotatable bonds is 10. The number of benzene rings is 1. The van der Waals surface area contributed by atoms with E-state index in [1.54, 1.807) is 19.6 Å². The van der Waals surface area contributed by atoms with Gasteiger partial charge in [-0.15, -0.1) is 0 Å². The maximum Gasteiger partial charge on any atom is 0.315 e. The van der Waals surface area contributed by atoms with Crippen LogP contribution in [0, 0.1) is 11.3 Å². The predicted molar refractivity (Wildman–Crippen MR) is 145 cm³/mol. The lowest BCUT2D eigenvalue weighted by molar-refractivity contribution is -0.144. The van der Waals surface area contributed by atoms with E-state index in [4.69, 9.17) is 4.74 Å². The van der Waals surface area contributed by atoms with E-state index in [0.29, 0.717) is 56.2 Å². The fourth-order valence-electron chi connectivity index (χ4n) is 6.23. The van der Waals surface area contributed by atoms with Gasteiger partial charge in [0.25, 0.3) is 0 Å². The van der Waals surface area contributed by atoms with Gasteiger partial charge in [-0.3, -0.25) is 9.59 Å². The van der Waals surface area contributed by atoms with E-state index in [2.05, 4.69) is 20.6 Å². The Kier molecular flexibility index (Phi) is 9.42. The number of methoxy groups -OCH3 is 1. The van der Waals surface area contributed by atoms with Crippen LogP contribution in [0.3, 0.4) is 0 Å². The number of amides is 3. The van der Waals surface area contributed by atoms with Crippen LogP contribution < -0.4 is 15.4 Å². The SMILES string of the molecule is CCC(=O)C1(C2CCCCC2)CCN(C(=O)C(Cc2ccc(OC)cc2)NC(=O)NCc2c[nH]cn2)CC1. The number of carbonyl (C=O) groups excluding carboxylic acids is 3. The van der Waals surface area contributed by atoms with Gasteiger partial charge in [0.1, 0.15) is 17.6 Å². The number of likely N-dealkylation sites (tertiary alicyclic amines) is 1. The average molecular weight is 524 g/mol. The minimum absolute atomic E-state index is 0.114. The monoisotopic (exact) mass is 523 g/mol. The molecule has 2 heterocycles. The van der Waals surface area contributed by atoms with E-state index in [-0.39, 0.29) is 17.9 Å². The van der Waals surface area contributed by atoms with Crippen LogP contribution in [0.4, 0.5) is 4.79 Å². The molecule has 3 amide bonds. The number of carbonyl (C=O) groups is 3. The van der Waals surface area contributed by atoms with E-state index in [9.17, 15) is 14.4 Å². The number of aromatic nitrogens is 2. The van der Waals surface area contributed by atoms with Crippen molar-refractivity contribution in [3.63, 3.8) is 0 Å². The Labute approximate surface area is 225 Å². The number of urea groups is 1. The Hall–Kier alpha value is -3.36. The van der Waals surface area contributed by atoms with Crippen molar-refractivity contribution in [2.45, 2.75) is 77.3 Å². The van der Waals surface area contributed by atoms with Crippen LogP contribution in [0.5, 0.6) is 5.75 Å². The zero-order valence-electron chi connectivity index (χ0n) is 22.6. The van der Waals surface area contributed by atoms with Gasteiger partial charge in [0.15, 0.2) is 0 Å². The number of ether oxygens (including phenoxy) is 1. The van der Waals surface area contributed by atoms with Crippen LogP contribution in [0.25, 0.3) is 0 Å². The van der Waals surface area contributed by atoms with Crippen LogP contribution in [0.15, 0.2) is 36.8 Å². The van der Waals surface area contributed by atoms with E-state index in [1.807, 2.05) is 36.1 Å². The minimum atomic E-state index is -0.730. The molecule has 1 saturated heterocycles. The molecular formula is C29H41N5O4. The molecule has 1 aromatic heterocycles. The molecular weight excluding hydrogens is 482 g/mol. The second-order valence-corrected chi connectivity index (χ2v) is 10.6. The topological polar surface area (TPSA) is 116 Å². The first kappa shape index (κ1) is 27.7. The first-order chi connectivity index (χ1) is 18.4. The largest absolute Gasteiger partial charge is 0.497 e. The number of hydrogen-bond acceptors (Lipinski definition) is 5. The zero-order valence-corrected chi connectivity index (χ0v) is 22.6. The van der Waals surface area contributed by atoms with Crippen LogP contribution >= 0.6 is 0 Å². The molecule has 2 aromatic rings. The highest BCUT2D eigenvalue weighted by Crippen LogP contribution is 2.47. The van der Waals surface area contributed by atoms with Gasteiger partial charge < -0.3 is 25.3 Å². The first-order valence-electron chi connectivity index (χ1n) is 13.9. The van der Waals surface area contributed by atoms with Crippen LogP contribution in [0.2, 0.25) is 0 Å². The van der Waals surface area contributed by atoms with Crippen molar-refractivity contribution in [2.24, 2.45) is 11.3 Å². The summed E-state index contributed by atoms with van der Waals surface area (Å²) in [5, 5.41) is 5.68. The molecule has 206 valence electrons. The summed E-state index contributed by atoms with van der Waals surface area (Å²) in [6.45, 7) is 3.29. The highest BCUT2D eigenvalue weighted by atomic mass is 16.5. The molecule has 2 aliphatic rings. The second-order valence-electron chi connectivity index (χ2n) is 10.6. The Morgan fingerprint density at radius 2 is 1.84 bits per heavy atom. The molecule has 3 N–H and O–H groups in total. The number of nitrogens with one attached hydrogen (secondary N) is 3. The van der Waals surface area contributed by atoms with Crippen molar-refractivity contribution in [2.75, 3.05) is 20.2 Å². The number of ketones is 1. The number of H-pyrrole nitrogens is 1. The summed E-state index contributed by atoms with van der Waals surface area (Å²) >= 11 is 0. The summed E-state index contributed by atoms with van der Waals surface area (Å²) in [6.07, 6.45) is 11.4. The van der Waals surface area contributed by atoms with Crippen LogP contribution in [-0.4, -0.2) is 58.8 Å². The molecule has 4 rings (SSSR count). The molecule has 0 radical (unpaired) electrons. The minimum Gasteiger partial charge on any atom is -0.497 e. The third-order valence-electron chi connectivity index (χ3n) is 8.42. The van der Waals surface area contributed by atoms with Crippen molar-refractivity contribution in [1.82, 2.24) is 25.5 Å². The number of Topliss-reactive ketones (excluding diaryl/α,β-unsaturated/α-hetero) is 1. The highest BCUT2D eigenvalue weighted by molar-refractivity contribution is 5.88. The molecule has 9 heteroatoms. The molecule has 1 aliphatic carbocycles. The molecule has 1 saturated carbocycles. The Morgan fingerprint density at radius 1 is 1.13 bits per heavy atom. The first-order valence-corrected chi connectivity index (χ1v) is 13.9. The average Bonchev–Trinajstić information content (AvgIpc) is 3.50. The molecule has 1 aromatic carbocycles. The predicted octanol–water partition coefficient (Wildman–Crippen LogP) is 4.00. The maximum absolute atomic E-state index is 13.8. The van der Waals surface area contributed by atoms with Crippen LogP contribution in [0.1, 0.15) is 69.5 Å². The standard InChI is InChI=1S/C29H41N5O4/c1-3-26(35)29(22-7-5-4-6-8-22)13-15-34(16-14-29)27(36)25(17-21-9-11-24(38-2)12-10-21)33-28(37)31-19-23-18-30-20-32-23/h9-12,18,20,22,25H,3-8,13-17,19H2,1-2H3,(H,30,32)(H2,31,33,37). The van der Waals surface area contributed by atoms with Crippen molar-refractivity contribution in [1.29, 1.82) is 0 Å². The summed E-state index contributed by atoms with van der Waals surface area (Å²) in [6, 6.07) is 6.37. The number of aromatic amines is 1. The van der Waals surface area contributed by atoms with E-state index in [1.165, 1.54) is 19.3 Å². The van der Waals surface area contributed by atoms with Gasteiger partial charge in [-0.25, -0.2) is 9.78 Å². The third-order valence-corrected chi connectivity index (χ3v) is 8.42. The number of imidazole rings is 1. The van der Waals surface area contributed by atoms with Gasteiger partial charge in [0, 0.05) is 37.5 Å². The normalized spacial score (nSPS) is 18.4. The quantitative estimate of drug-likeness (QED) is 0.435. The van der Waals surface area contributed by atoms with Gasteiger partial charge in [0.05, 0.1) is 25.7 Å². The zero-order chi connectivity index (χ0) is 27.0. The van der Waals surface area contributed by atoms with Gasteiger partial charge in [-0.2, -0.15) is 0 Å². The van der Waals surface area contributed by atoms with E-state index >= 15 is 0 Å². The summed E-state index contributed by atoms with van der Waals surface area (Å²) < 4.78 is 5.26. The molecule has 0 spiro atoms. The number of nitrogens with zero attached hydrogens (tertiary/aromatic N) is 2. The summed E-state index contributed by atoms with van der Waals surface area (Å²) in [7, 11) is 1.61. The fraction of sp³-hybridized carbons (Fsp3) is 0.586. The Morgan fingerprint density at radius 3 is 2.45 bits per heavy atom. The maximum atomic E-state index is 13.8. The number of piperidine rings is 1. The molecule has 38 heavy (non-hydrogen) atoms. The Balaban J connectivity index is 1.45. The van der Waals surface area contributed by atoms with Gasteiger partial charge in [0.2, 0.25) is 5.91 Å². The lowest BCUT2D eigenvalue weighted by Gasteiger charge is -2.47. The highest BCUT2D eigenvalue weighted by Gasteiger charge is 2.47. The second kappa shape index (κ2) is 12.9. The lowest BCUT2D eigenvalue weighted by atomic mass is 9.61. The van der Waals surface area contributed by atoms with Gasteiger partial charge >= 0.3 is 6.03 Å². The van der Waals surface area contributed by atoms with Gasteiger partial charge in [-0.1, -0.05) is 38.3 Å². The Bertz CT molecular complexity index is 1060. The van der Waals surface area contributed by atoms with Crippen molar-refractivity contribution >= 4 is 17.7 Å². The summed E-state index contributed by atoms with van der Waals surface area (Å²) in [5.41, 5.74) is 1.31. The molecule has 1 unspecified atom stereocenters. The van der Waals surface area contributed by atoms with E-state index in [0.717, 1.165) is 24.2 Å². The fourth-order valence-corrected chi connectivity index (χ4v) is 6.23. The lowest BCUT2D eigenvalue weighted by Crippen LogP contribution is -2.56. The molecule has 9 nitrogen and oxygen atoms in total.